The predicted octanol–water partition coefficient (Wildman–Crippen LogP) is 4.23. The standard InChI is InChI=1S/C16H15FN2/c1-11-6-7-13(8-15(11)17)18-9-12-10-19-16-5-3-2-4-14(12)16/h2-8,10,18-19H,9H2,1H3. The van der Waals surface area contributed by atoms with Crippen molar-refractivity contribution in [2.75, 3.05) is 5.32 Å². The zero-order chi connectivity index (χ0) is 13.2. The van der Waals surface area contributed by atoms with Crippen molar-refractivity contribution in [1.82, 2.24) is 4.98 Å². The third kappa shape index (κ3) is 2.32. The van der Waals surface area contributed by atoms with Gasteiger partial charge in [-0.05, 0) is 36.2 Å². The molecule has 1 aromatic heterocycles. The number of fused-ring (bicyclic) bond motifs is 1. The molecule has 96 valence electrons. The van der Waals surface area contributed by atoms with E-state index in [1.165, 1.54) is 17.0 Å². The number of nitrogens with one attached hydrogen (secondary N) is 2. The second-order valence-electron chi connectivity index (χ2n) is 4.68. The van der Waals surface area contributed by atoms with Gasteiger partial charge in [0.1, 0.15) is 5.82 Å². The summed E-state index contributed by atoms with van der Waals surface area (Å²) in [7, 11) is 0. The minimum absolute atomic E-state index is 0.177. The first-order chi connectivity index (χ1) is 9.24. The molecule has 1 heterocycles. The molecule has 3 rings (SSSR count). The number of H-pyrrole nitrogens is 1. The molecule has 3 aromatic rings. The summed E-state index contributed by atoms with van der Waals surface area (Å²) in [6, 6.07) is 13.4. The van der Waals surface area contributed by atoms with Crippen LogP contribution in [0, 0.1) is 12.7 Å². The van der Waals surface area contributed by atoms with Crippen molar-refractivity contribution in [3.63, 3.8) is 0 Å². The van der Waals surface area contributed by atoms with Gasteiger partial charge in [-0.3, -0.25) is 0 Å². The van der Waals surface area contributed by atoms with Gasteiger partial charge in [0.2, 0.25) is 0 Å². The van der Waals surface area contributed by atoms with E-state index in [1.54, 1.807) is 13.0 Å². The molecular formula is C16H15FN2. The lowest BCUT2D eigenvalue weighted by Crippen LogP contribution is -1.99. The number of rotatable bonds is 3. The maximum atomic E-state index is 13.5. The van der Waals surface area contributed by atoms with Crippen LogP contribution in [0.15, 0.2) is 48.7 Å². The Labute approximate surface area is 111 Å². The third-order valence-corrected chi connectivity index (χ3v) is 3.33. The van der Waals surface area contributed by atoms with Gasteiger partial charge in [-0.1, -0.05) is 24.3 Å². The van der Waals surface area contributed by atoms with Crippen LogP contribution in [-0.4, -0.2) is 4.98 Å². The van der Waals surface area contributed by atoms with E-state index in [4.69, 9.17) is 0 Å². The molecule has 0 unspecified atom stereocenters. The van der Waals surface area contributed by atoms with Gasteiger partial charge in [0.15, 0.2) is 0 Å². The van der Waals surface area contributed by atoms with Gasteiger partial charge in [-0.25, -0.2) is 4.39 Å². The van der Waals surface area contributed by atoms with Crippen LogP contribution in [-0.2, 0) is 6.54 Å². The van der Waals surface area contributed by atoms with Crippen molar-refractivity contribution in [2.24, 2.45) is 0 Å². The molecule has 2 aromatic carbocycles. The normalized spacial score (nSPS) is 10.8. The van der Waals surface area contributed by atoms with E-state index in [1.807, 2.05) is 30.5 Å². The van der Waals surface area contributed by atoms with Crippen molar-refractivity contribution in [1.29, 1.82) is 0 Å². The van der Waals surface area contributed by atoms with Gasteiger partial charge in [-0.2, -0.15) is 0 Å². The Kier molecular flexibility index (Phi) is 2.95. The Morgan fingerprint density at radius 1 is 1.16 bits per heavy atom. The summed E-state index contributed by atoms with van der Waals surface area (Å²) >= 11 is 0. The molecule has 19 heavy (non-hydrogen) atoms. The summed E-state index contributed by atoms with van der Waals surface area (Å²) in [4.78, 5) is 3.23. The fraction of sp³-hybridized carbons (Fsp3) is 0.125. The zero-order valence-corrected chi connectivity index (χ0v) is 10.7. The van der Waals surface area contributed by atoms with E-state index in [0.29, 0.717) is 12.1 Å². The maximum Gasteiger partial charge on any atom is 0.128 e. The second kappa shape index (κ2) is 4.76. The summed E-state index contributed by atoms with van der Waals surface area (Å²) in [5.41, 5.74) is 3.76. The van der Waals surface area contributed by atoms with Crippen LogP contribution in [0.2, 0.25) is 0 Å². The van der Waals surface area contributed by atoms with E-state index >= 15 is 0 Å². The average molecular weight is 254 g/mol. The number of halogens is 1. The number of benzene rings is 2. The van der Waals surface area contributed by atoms with Crippen molar-refractivity contribution in [2.45, 2.75) is 13.5 Å². The SMILES string of the molecule is Cc1ccc(NCc2c[nH]c3ccccc23)cc1F. The van der Waals surface area contributed by atoms with Crippen LogP contribution >= 0.6 is 0 Å². The minimum Gasteiger partial charge on any atom is -0.381 e. The van der Waals surface area contributed by atoms with Gasteiger partial charge in [0, 0.05) is 29.3 Å². The highest BCUT2D eigenvalue weighted by molar-refractivity contribution is 5.83. The molecule has 0 aliphatic carbocycles. The smallest absolute Gasteiger partial charge is 0.128 e. The quantitative estimate of drug-likeness (QED) is 0.719. The first-order valence-electron chi connectivity index (χ1n) is 6.29. The van der Waals surface area contributed by atoms with Gasteiger partial charge in [0.05, 0.1) is 0 Å². The highest BCUT2D eigenvalue weighted by atomic mass is 19.1. The maximum absolute atomic E-state index is 13.5. The molecule has 0 amide bonds. The molecule has 3 heteroatoms. The highest BCUT2D eigenvalue weighted by Crippen LogP contribution is 2.20. The van der Waals surface area contributed by atoms with Gasteiger partial charge in [-0.15, -0.1) is 0 Å². The van der Waals surface area contributed by atoms with Crippen molar-refractivity contribution >= 4 is 16.6 Å². The minimum atomic E-state index is -0.177. The van der Waals surface area contributed by atoms with Crippen LogP contribution in [0.1, 0.15) is 11.1 Å². The summed E-state index contributed by atoms with van der Waals surface area (Å²) in [5, 5.41) is 4.44. The summed E-state index contributed by atoms with van der Waals surface area (Å²) in [5.74, 6) is -0.177. The van der Waals surface area contributed by atoms with Crippen molar-refractivity contribution in [3.8, 4) is 0 Å². The molecule has 2 nitrogen and oxygen atoms in total. The molecule has 0 spiro atoms. The summed E-state index contributed by atoms with van der Waals surface area (Å²) in [6.45, 7) is 2.44. The first-order valence-corrected chi connectivity index (χ1v) is 6.29. The topological polar surface area (TPSA) is 27.8 Å². The number of aryl methyl sites for hydroxylation is 1. The van der Waals surface area contributed by atoms with Gasteiger partial charge >= 0.3 is 0 Å². The van der Waals surface area contributed by atoms with E-state index in [9.17, 15) is 4.39 Å². The highest BCUT2D eigenvalue weighted by Gasteiger charge is 2.03. The lowest BCUT2D eigenvalue weighted by atomic mass is 10.1. The molecule has 0 atom stereocenters. The van der Waals surface area contributed by atoms with Crippen molar-refractivity contribution in [3.05, 3.63) is 65.6 Å². The molecule has 0 saturated carbocycles. The van der Waals surface area contributed by atoms with Crippen LogP contribution in [0.3, 0.4) is 0 Å². The number of anilines is 1. The molecule has 0 radical (unpaired) electrons. The Hall–Kier alpha value is -2.29. The lowest BCUT2D eigenvalue weighted by molar-refractivity contribution is 0.619. The molecule has 0 fully saturated rings. The van der Waals surface area contributed by atoms with Crippen molar-refractivity contribution < 1.29 is 4.39 Å². The third-order valence-electron chi connectivity index (χ3n) is 3.33. The largest absolute Gasteiger partial charge is 0.381 e. The number of hydrogen-bond donors (Lipinski definition) is 2. The van der Waals surface area contributed by atoms with E-state index in [2.05, 4.69) is 16.4 Å². The Morgan fingerprint density at radius 3 is 2.84 bits per heavy atom. The van der Waals surface area contributed by atoms with Crippen LogP contribution in [0.25, 0.3) is 10.9 Å². The average Bonchev–Trinajstić information content (AvgIpc) is 2.83. The van der Waals surface area contributed by atoms with E-state index in [0.717, 1.165) is 11.2 Å². The second-order valence-corrected chi connectivity index (χ2v) is 4.68. The molecule has 0 aliphatic heterocycles. The monoisotopic (exact) mass is 254 g/mol. The molecule has 0 saturated heterocycles. The predicted molar refractivity (Wildman–Crippen MR) is 76.8 cm³/mol. The Bertz CT molecular complexity index is 716. The van der Waals surface area contributed by atoms with Crippen LogP contribution in [0.4, 0.5) is 10.1 Å². The van der Waals surface area contributed by atoms with Crippen LogP contribution in [0.5, 0.6) is 0 Å². The molecular weight excluding hydrogens is 239 g/mol. The van der Waals surface area contributed by atoms with E-state index < -0.39 is 0 Å². The Balaban J connectivity index is 1.80. The number of hydrogen-bond acceptors (Lipinski definition) is 1. The van der Waals surface area contributed by atoms with Gasteiger partial charge in [0.25, 0.3) is 0 Å². The fourth-order valence-electron chi connectivity index (χ4n) is 2.18. The Morgan fingerprint density at radius 2 is 2.00 bits per heavy atom. The van der Waals surface area contributed by atoms with Gasteiger partial charge < -0.3 is 10.3 Å². The molecule has 2 N–H and O–H groups in total. The lowest BCUT2D eigenvalue weighted by Gasteiger charge is -2.06. The summed E-state index contributed by atoms with van der Waals surface area (Å²) in [6.07, 6.45) is 1.99. The molecule has 0 bridgehead atoms. The zero-order valence-electron chi connectivity index (χ0n) is 10.7. The number of para-hydroxylation sites is 1. The number of aromatic nitrogens is 1. The number of aromatic amines is 1. The summed E-state index contributed by atoms with van der Waals surface area (Å²) < 4.78 is 13.5. The van der Waals surface area contributed by atoms with Crippen LogP contribution < -0.4 is 5.32 Å². The fourth-order valence-corrected chi connectivity index (χ4v) is 2.18. The first kappa shape index (κ1) is 11.8. The molecule has 0 aliphatic rings. The van der Waals surface area contributed by atoms with E-state index in [-0.39, 0.29) is 5.82 Å².